The molecule has 5 N–H and O–H groups in total. The van der Waals surface area contributed by atoms with Gasteiger partial charge in [0.1, 0.15) is 37.9 Å². The Kier molecular flexibility index (Phi) is 5.39. The van der Waals surface area contributed by atoms with E-state index >= 15 is 0 Å². The van der Waals surface area contributed by atoms with Crippen LogP contribution in [0.3, 0.4) is 0 Å². The Labute approximate surface area is 195 Å². The molecule has 1 unspecified atom stereocenters. The van der Waals surface area contributed by atoms with Crippen LogP contribution in [-0.2, 0) is 5.54 Å². The number of pyridine rings is 1. The van der Waals surface area contributed by atoms with Crippen LogP contribution in [0, 0.1) is 17.1 Å². The molecule has 1 aliphatic rings. The summed E-state index contributed by atoms with van der Waals surface area (Å²) in [5.74, 6) is -0.634. The Morgan fingerprint density at radius 1 is 1.31 bits per heavy atom. The van der Waals surface area contributed by atoms with Crippen molar-refractivity contribution in [1.29, 1.82) is 5.26 Å². The van der Waals surface area contributed by atoms with Crippen LogP contribution in [0.4, 0.5) is 15.8 Å². The van der Waals surface area contributed by atoms with E-state index in [2.05, 4.69) is 15.3 Å². The minimum Gasteiger partial charge on any atom is -0.386 e. The standard InChI is InChI=1S/C21H21ClFN5O2S2/c1-20(2)19(25)28-21(3,10-32(20,29)30)13-7-12(4-5-14(13)23)27-17-16-15(31-18(17)22)6-11(8-24)9-26-16/h4-7,9,27,29-30H,10H2,1-3H3,(H2,25,28). The van der Waals surface area contributed by atoms with E-state index in [9.17, 15) is 13.5 Å². The van der Waals surface area contributed by atoms with Crippen molar-refractivity contribution in [3.8, 4) is 6.07 Å². The predicted molar refractivity (Wildman–Crippen MR) is 130 cm³/mol. The largest absolute Gasteiger partial charge is 0.386 e. The van der Waals surface area contributed by atoms with Gasteiger partial charge in [-0.15, -0.1) is 11.3 Å². The number of nitrogens with one attached hydrogen (secondary N) is 1. The average molecular weight is 494 g/mol. The number of nitrogens with zero attached hydrogens (tertiary/aromatic N) is 3. The SMILES string of the molecule is CC1(c2cc(Nc3c(Cl)sc4cc(C#N)cnc34)ccc2F)CS(O)(O)C(C)(C)C(N)=N1. The van der Waals surface area contributed by atoms with Crippen LogP contribution in [0.2, 0.25) is 4.34 Å². The van der Waals surface area contributed by atoms with Crippen molar-refractivity contribution >= 4 is 61.0 Å². The van der Waals surface area contributed by atoms with Crippen molar-refractivity contribution in [1.82, 2.24) is 4.98 Å². The highest BCUT2D eigenvalue weighted by molar-refractivity contribution is 8.26. The Morgan fingerprint density at radius 3 is 2.69 bits per heavy atom. The molecule has 11 heteroatoms. The first-order valence-corrected chi connectivity index (χ1v) is 12.5. The van der Waals surface area contributed by atoms with Gasteiger partial charge in [0.25, 0.3) is 0 Å². The van der Waals surface area contributed by atoms with E-state index in [0.29, 0.717) is 26.8 Å². The minimum atomic E-state index is -3.19. The van der Waals surface area contributed by atoms with Crippen molar-refractivity contribution in [3.05, 3.63) is 51.7 Å². The molecule has 1 aliphatic heterocycles. The topological polar surface area (TPSA) is 128 Å². The van der Waals surface area contributed by atoms with Gasteiger partial charge in [-0.2, -0.15) is 15.9 Å². The molecule has 1 aromatic carbocycles. The van der Waals surface area contributed by atoms with E-state index in [4.69, 9.17) is 22.6 Å². The molecule has 4 rings (SSSR count). The van der Waals surface area contributed by atoms with Gasteiger partial charge in [-0.3, -0.25) is 19.1 Å². The molecule has 7 nitrogen and oxygen atoms in total. The number of thiophene rings is 1. The second kappa shape index (κ2) is 7.57. The van der Waals surface area contributed by atoms with Gasteiger partial charge in [-0.05, 0) is 45.0 Å². The smallest absolute Gasteiger partial charge is 0.129 e. The van der Waals surface area contributed by atoms with Gasteiger partial charge < -0.3 is 11.1 Å². The number of hydrogen-bond donors (Lipinski definition) is 4. The van der Waals surface area contributed by atoms with Gasteiger partial charge in [-0.25, -0.2) is 4.39 Å². The van der Waals surface area contributed by atoms with Crippen LogP contribution < -0.4 is 11.1 Å². The summed E-state index contributed by atoms with van der Waals surface area (Å²) in [6.07, 6.45) is 1.46. The van der Waals surface area contributed by atoms with Gasteiger partial charge in [0.2, 0.25) is 0 Å². The first-order chi connectivity index (χ1) is 14.9. The zero-order chi connectivity index (χ0) is 23.5. The summed E-state index contributed by atoms with van der Waals surface area (Å²) < 4.78 is 36.4. The third kappa shape index (κ3) is 3.60. The number of fused-ring (bicyclic) bond motifs is 1. The van der Waals surface area contributed by atoms with Crippen molar-refractivity contribution in [3.63, 3.8) is 0 Å². The summed E-state index contributed by atoms with van der Waals surface area (Å²) in [7, 11) is -3.19. The number of nitriles is 1. The van der Waals surface area contributed by atoms with Crippen molar-refractivity contribution < 1.29 is 13.5 Å². The first-order valence-electron chi connectivity index (χ1n) is 9.54. The number of benzene rings is 1. The lowest BCUT2D eigenvalue weighted by molar-refractivity contribution is 0.417. The van der Waals surface area contributed by atoms with Crippen LogP contribution >= 0.6 is 33.5 Å². The number of aromatic nitrogens is 1. The molecule has 1 atom stereocenters. The van der Waals surface area contributed by atoms with Gasteiger partial charge >= 0.3 is 0 Å². The number of rotatable bonds is 3. The van der Waals surface area contributed by atoms with E-state index in [0.717, 1.165) is 4.70 Å². The van der Waals surface area contributed by atoms with Gasteiger partial charge in [0.15, 0.2) is 0 Å². The molecule has 0 saturated carbocycles. The second-order valence-corrected chi connectivity index (χ2v) is 12.6. The fourth-order valence-corrected chi connectivity index (χ4v) is 6.60. The molecule has 0 fully saturated rings. The Bertz CT molecular complexity index is 1320. The average Bonchev–Trinajstić information content (AvgIpc) is 3.01. The van der Waals surface area contributed by atoms with Crippen LogP contribution in [0.5, 0.6) is 0 Å². The normalized spacial score (nSPS) is 22.8. The molecule has 0 spiro atoms. The molecule has 3 heterocycles. The van der Waals surface area contributed by atoms with Gasteiger partial charge in [-0.1, -0.05) is 11.6 Å². The highest BCUT2D eigenvalue weighted by atomic mass is 35.5. The van der Waals surface area contributed by atoms with Crippen molar-refractivity contribution in [2.24, 2.45) is 10.7 Å². The lowest BCUT2D eigenvalue weighted by Gasteiger charge is -2.53. The highest BCUT2D eigenvalue weighted by Gasteiger charge is 2.49. The number of hydrogen-bond acceptors (Lipinski definition) is 8. The maximum absolute atomic E-state index is 14.9. The number of nitrogens with two attached hydrogens (primary N) is 1. The zero-order valence-corrected chi connectivity index (χ0v) is 19.9. The number of aliphatic imine (C=N–C) groups is 1. The molecule has 2 aromatic heterocycles. The molecule has 0 bridgehead atoms. The first kappa shape index (κ1) is 22.8. The summed E-state index contributed by atoms with van der Waals surface area (Å²) >= 11 is 7.68. The van der Waals surface area contributed by atoms with E-state index in [1.165, 1.54) is 23.6 Å². The summed E-state index contributed by atoms with van der Waals surface area (Å²) in [6.45, 7) is 4.86. The molecule has 0 saturated heterocycles. The Morgan fingerprint density at radius 2 is 2.03 bits per heavy atom. The second-order valence-electron chi connectivity index (χ2n) is 8.35. The van der Waals surface area contributed by atoms with E-state index < -0.39 is 26.7 Å². The zero-order valence-electron chi connectivity index (χ0n) is 17.5. The van der Waals surface area contributed by atoms with Gasteiger partial charge in [0, 0.05) is 17.4 Å². The quantitative estimate of drug-likeness (QED) is 0.364. The summed E-state index contributed by atoms with van der Waals surface area (Å²) in [5.41, 5.74) is 7.06. The molecule has 0 aliphatic carbocycles. The van der Waals surface area contributed by atoms with Crippen LogP contribution in [0.15, 0.2) is 35.5 Å². The Hall–Kier alpha value is -2.42. The van der Waals surface area contributed by atoms with Crippen LogP contribution in [0.25, 0.3) is 10.2 Å². The fourth-order valence-electron chi connectivity index (χ4n) is 3.59. The number of halogens is 2. The van der Waals surface area contributed by atoms with E-state index in [1.807, 2.05) is 6.07 Å². The highest BCUT2D eigenvalue weighted by Crippen LogP contribution is 2.59. The van der Waals surface area contributed by atoms with E-state index in [-0.39, 0.29) is 17.2 Å². The summed E-state index contributed by atoms with van der Waals surface area (Å²) in [5, 5.41) is 12.3. The molecule has 168 valence electrons. The van der Waals surface area contributed by atoms with Crippen LogP contribution in [0.1, 0.15) is 31.9 Å². The lowest BCUT2D eigenvalue weighted by atomic mass is 9.92. The lowest BCUT2D eigenvalue weighted by Crippen LogP contribution is -2.52. The maximum Gasteiger partial charge on any atom is 0.129 e. The monoisotopic (exact) mass is 493 g/mol. The fraction of sp³-hybridized carbons (Fsp3) is 0.286. The summed E-state index contributed by atoms with van der Waals surface area (Å²) in [6, 6.07) is 8.13. The van der Waals surface area contributed by atoms with Crippen molar-refractivity contribution in [2.75, 3.05) is 11.1 Å². The minimum absolute atomic E-state index is 0.0633. The number of anilines is 2. The molecule has 0 amide bonds. The Balaban J connectivity index is 1.77. The third-order valence-corrected chi connectivity index (χ3v) is 9.86. The predicted octanol–water partition coefficient (Wildman–Crippen LogP) is 5.82. The molecular formula is C21H21ClFN5O2S2. The molecule has 32 heavy (non-hydrogen) atoms. The van der Waals surface area contributed by atoms with Gasteiger partial charge in [0.05, 0.1) is 21.7 Å². The molecule has 0 radical (unpaired) electrons. The maximum atomic E-state index is 14.9. The molecular weight excluding hydrogens is 473 g/mol. The van der Waals surface area contributed by atoms with E-state index in [1.54, 1.807) is 39.0 Å². The number of amidine groups is 1. The van der Waals surface area contributed by atoms with Crippen LogP contribution in [-0.4, -0.2) is 30.4 Å². The summed E-state index contributed by atoms with van der Waals surface area (Å²) in [4.78, 5) is 8.80. The molecule has 3 aromatic rings. The van der Waals surface area contributed by atoms with Crippen molar-refractivity contribution in [2.45, 2.75) is 31.1 Å². The third-order valence-electron chi connectivity index (χ3n) is 5.71.